The molecule has 0 aromatic carbocycles. The normalized spacial score (nSPS) is 16.7. The molecule has 28 heavy (non-hydrogen) atoms. The van der Waals surface area contributed by atoms with Crippen molar-refractivity contribution >= 4 is 28.7 Å². The van der Waals surface area contributed by atoms with Crippen LogP contribution < -0.4 is 26.1 Å². The Morgan fingerprint density at radius 1 is 1.50 bits per heavy atom. The topological polar surface area (TPSA) is 123 Å². The Bertz CT molecular complexity index is 961. The molecule has 0 amide bonds. The molecule has 10 heteroatoms. The predicted molar refractivity (Wildman–Crippen MR) is 104 cm³/mol. The summed E-state index contributed by atoms with van der Waals surface area (Å²) in [4.78, 5) is 29.7. The number of aromatic nitrogens is 2. The summed E-state index contributed by atoms with van der Waals surface area (Å²) in [6.07, 6.45) is 0.523. The van der Waals surface area contributed by atoms with Crippen molar-refractivity contribution in [2.75, 3.05) is 36.8 Å². The lowest BCUT2D eigenvalue weighted by atomic mass is 10.1. The van der Waals surface area contributed by atoms with Gasteiger partial charge in [-0.3, -0.25) is 4.79 Å². The van der Waals surface area contributed by atoms with Gasteiger partial charge in [0.15, 0.2) is 17.4 Å². The molecule has 1 unspecified atom stereocenters. The van der Waals surface area contributed by atoms with E-state index >= 15 is 4.39 Å². The number of rotatable bonds is 6. The number of carbonyl (C=O) groups is 1. The van der Waals surface area contributed by atoms with Crippen LogP contribution in [-0.2, 0) is 6.54 Å². The first kappa shape index (κ1) is 19.9. The van der Waals surface area contributed by atoms with Crippen LogP contribution in [0.5, 0.6) is 5.75 Å². The summed E-state index contributed by atoms with van der Waals surface area (Å²) in [5.74, 6) is -0.728. The average molecular weight is 393 g/mol. The molecule has 1 saturated heterocycles. The van der Waals surface area contributed by atoms with Crippen molar-refractivity contribution in [2.45, 2.75) is 26.8 Å². The Morgan fingerprint density at radius 3 is 2.89 bits per heavy atom. The second-order valence-electron chi connectivity index (χ2n) is 6.75. The second kappa shape index (κ2) is 8.01. The Balaban J connectivity index is 2.09. The van der Waals surface area contributed by atoms with Crippen LogP contribution >= 0.6 is 0 Å². The van der Waals surface area contributed by atoms with E-state index in [0.29, 0.717) is 25.6 Å². The predicted octanol–water partition coefficient (Wildman–Crippen LogP) is 1.63. The number of fused-ring (bicyclic) bond motifs is 1. The molecule has 1 aliphatic rings. The van der Waals surface area contributed by atoms with Gasteiger partial charge in [-0.15, -0.1) is 0 Å². The van der Waals surface area contributed by atoms with Crippen LogP contribution in [0.4, 0.5) is 20.7 Å². The molecule has 9 nitrogen and oxygen atoms in total. The van der Waals surface area contributed by atoms with E-state index in [4.69, 9.17) is 10.8 Å². The van der Waals surface area contributed by atoms with Crippen molar-refractivity contribution in [1.29, 1.82) is 0 Å². The van der Waals surface area contributed by atoms with Gasteiger partial charge in [0, 0.05) is 19.6 Å². The molecule has 0 radical (unpaired) electrons. The van der Waals surface area contributed by atoms with Gasteiger partial charge in [-0.25, -0.2) is 14.2 Å². The Hall–Kier alpha value is -2.88. The van der Waals surface area contributed by atoms with Crippen LogP contribution in [0.3, 0.4) is 0 Å². The highest BCUT2D eigenvalue weighted by molar-refractivity contribution is 5.91. The first-order valence-corrected chi connectivity index (χ1v) is 9.25. The molecule has 1 atom stereocenters. The van der Waals surface area contributed by atoms with Crippen molar-refractivity contribution in [2.24, 2.45) is 5.92 Å². The van der Waals surface area contributed by atoms with Gasteiger partial charge < -0.3 is 30.4 Å². The van der Waals surface area contributed by atoms with Crippen LogP contribution in [0.15, 0.2) is 11.0 Å². The van der Waals surface area contributed by atoms with E-state index in [1.807, 2.05) is 11.8 Å². The monoisotopic (exact) mass is 393 g/mol. The molecule has 0 saturated carbocycles. The Kier molecular flexibility index (Phi) is 5.68. The first-order valence-electron chi connectivity index (χ1n) is 9.25. The van der Waals surface area contributed by atoms with Crippen molar-refractivity contribution in [3.63, 3.8) is 0 Å². The zero-order valence-electron chi connectivity index (χ0n) is 15.9. The number of halogens is 1. The average Bonchev–Trinajstić information content (AvgIpc) is 3.13. The second-order valence-corrected chi connectivity index (χ2v) is 6.75. The molecule has 152 valence electrons. The van der Waals surface area contributed by atoms with E-state index in [-0.39, 0.29) is 22.5 Å². The molecule has 1 aliphatic heterocycles. The maximum Gasteiger partial charge on any atom is 0.511 e. The van der Waals surface area contributed by atoms with Crippen molar-refractivity contribution in [1.82, 2.24) is 14.9 Å². The van der Waals surface area contributed by atoms with E-state index in [2.05, 4.69) is 15.0 Å². The number of hydrogen-bond acceptors (Lipinski definition) is 7. The highest BCUT2D eigenvalue weighted by atomic mass is 19.1. The molecular weight excluding hydrogens is 369 g/mol. The molecule has 0 aliphatic carbocycles. The van der Waals surface area contributed by atoms with E-state index in [9.17, 15) is 9.59 Å². The molecule has 0 bridgehead atoms. The molecule has 1 fully saturated rings. The third kappa shape index (κ3) is 3.59. The van der Waals surface area contributed by atoms with E-state index in [0.717, 1.165) is 19.5 Å². The Labute approximate surface area is 160 Å². The number of nitrogens with zero attached hydrogens (tertiary/aromatic N) is 3. The summed E-state index contributed by atoms with van der Waals surface area (Å²) in [6.45, 7) is 7.18. The Morgan fingerprint density at radius 2 is 2.25 bits per heavy atom. The summed E-state index contributed by atoms with van der Waals surface area (Å²) in [5.41, 5.74) is 5.01. The number of nitrogens with two attached hydrogens (primary N) is 1. The summed E-state index contributed by atoms with van der Waals surface area (Å²) >= 11 is 0. The highest BCUT2D eigenvalue weighted by Gasteiger charge is 2.28. The van der Waals surface area contributed by atoms with Crippen LogP contribution in [0.2, 0.25) is 0 Å². The van der Waals surface area contributed by atoms with Crippen molar-refractivity contribution < 1.29 is 19.0 Å². The smallest absolute Gasteiger partial charge is 0.449 e. The molecule has 3 rings (SSSR count). The van der Waals surface area contributed by atoms with E-state index in [1.165, 1.54) is 10.8 Å². The van der Waals surface area contributed by atoms with Gasteiger partial charge in [0.1, 0.15) is 5.65 Å². The maximum atomic E-state index is 15.0. The van der Waals surface area contributed by atoms with Crippen LogP contribution in [0, 0.1) is 11.7 Å². The quantitative estimate of drug-likeness (QED) is 0.633. The lowest BCUT2D eigenvalue weighted by molar-refractivity contribution is 0.144. The van der Waals surface area contributed by atoms with Gasteiger partial charge in [-0.2, -0.15) is 0 Å². The fourth-order valence-electron chi connectivity index (χ4n) is 3.53. The number of nitrogen functional groups attached to an aromatic ring is 1. The highest BCUT2D eigenvalue weighted by Crippen LogP contribution is 2.32. The zero-order chi connectivity index (χ0) is 20.4. The first-order chi connectivity index (χ1) is 13.4. The standard InChI is InChI=1S/C18H24FN5O4/c1-3-21-7-10-5-6-24(8-10)17-13(19)14(20)12-15(25)11(28-18(26)27)9-23(4-2)16(12)22-17/h9-10,21H,3-8H2,1-2H3,(H2,20,22)(H,26,27). The van der Waals surface area contributed by atoms with Gasteiger partial charge in [-0.1, -0.05) is 6.92 Å². The van der Waals surface area contributed by atoms with Gasteiger partial charge in [-0.05, 0) is 32.4 Å². The minimum absolute atomic E-state index is 0.109. The van der Waals surface area contributed by atoms with Crippen LogP contribution in [-0.4, -0.2) is 47.0 Å². The zero-order valence-corrected chi connectivity index (χ0v) is 15.9. The van der Waals surface area contributed by atoms with Gasteiger partial charge in [0.05, 0.1) is 17.3 Å². The molecule has 4 N–H and O–H groups in total. The largest absolute Gasteiger partial charge is 0.511 e. The van der Waals surface area contributed by atoms with E-state index in [1.54, 1.807) is 6.92 Å². The third-order valence-electron chi connectivity index (χ3n) is 4.94. The van der Waals surface area contributed by atoms with Gasteiger partial charge in [0.2, 0.25) is 5.43 Å². The number of carboxylic acid groups (broad SMARTS) is 1. The molecule has 3 heterocycles. The number of pyridine rings is 2. The fourth-order valence-corrected chi connectivity index (χ4v) is 3.53. The van der Waals surface area contributed by atoms with Gasteiger partial charge in [0.25, 0.3) is 0 Å². The minimum Gasteiger partial charge on any atom is -0.449 e. The number of anilines is 2. The number of nitrogens with one attached hydrogen (secondary N) is 1. The summed E-state index contributed by atoms with van der Waals surface area (Å²) < 4.78 is 21.1. The van der Waals surface area contributed by atoms with Crippen molar-refractivity contribution in [3.05, 3.63) is 22.2 Å². The summed E-state index contributed by atoms with van der Waals surface area (Å²) in [7, 11) is 0. The van der Waals surface area contributed by atoms with Crippen molar-refractivity contribution in [3.8, 4) is 5.75 Å². The maximum absolute atomic E-state index is 15.0. The number of ether oxygens (including phenoxy) is 1. The number of aryl methyl sites for hydroxylation is 1. The van der Waals surface area contributed by atoms with Crippen LogP contribution in [0.25, 0.3) is 11.0 Å². The number of hydrogen-bond donors (Lipinski definition) is 3. The van der Waals surface area contributed by atoms with Gasteiger partial charge >= 0.3 is 6.16 Å². The fraction of sp³-hybridized carbons (Fsp3) is 0.500. The lowest BCUT2D eigenvalue weighted by Gasteiger charge is -2.21. The third-order valence-corrected chi connectivity index (χ3v) is 4.94. The lowest BCUT2D eigenvalue weighted by Crippen LogP contribution is -2.28. The minimum atomic E-state index is -1.63. The molecular formula is C18H24FN5O4. The summed E-state index contributed by atoms with van der Waals surface area (Å²) in [5, 5.41) is 11.9. The molecule has 2 aromatic rings. The summed E-state index contributed by atoms with van der Waals surface area (Å²) in [6, 6.07) is 0. The van der Waals surface area contributed by atoms with Crippen LogP contribution in [0.1, 0.15) is 20.3 Å². The van der Waals surface area contributed by atoms with E-state index < -0.39 is 23.2 Å². The molecule has 2 aromatic heterocycles. The molecule has 0 spiro atoms. The SMILES string of the molecule is CCNCC1CCN(c2nc3c(c(N)c2F)c(=O)c(OC(=O)O)cn3CC)C1.